The molecule has 7 heteroatoms. The summed E-state index contributed by atoms with van der Waals surface area (Å²) in [5.41, 5.74) is 4.17. The highest BCUT2D eigenvalue weighted by Gasteiger charge is 2.34. The van der Waals surface area contributed by atoms with Crippen LogP contribution in [-0.2, 0) is 9.53 Å². The van der Waals surface area contributed by atoms with Crippen molar-refractivity contribution >= 4 is 51.6 Å². The first-order valence-corrected chi connectivity index (χ1v) is 10.5. The molecule has 5 nitrogen and oxygen atoms in total. The molecule has 0 N–H and O–H groups in total. The minimum atomic E-state index is -0.222. The molecule has 0 saturated carbocycles. The van der Waals surface area contributed by atoms with Crippen LogP contribution in [0.15, 0.2) is 35.2 Å². The Morgan fingerprint density at radius 2 is 2.00 bits per heavy atom. The maximum absolute atomic E-state index is 12.6. The molecule has 1 aliphatic heterocycles. The van der Waals surface area contributed by atoms with Crippen molar-refractivity contribution in [1.29, 1.82) is 0 Å². The molecule has 1 aromatic carbocycles. The monoisotopic (exact) mass is 496 g/mol. The van der Waals surface area contributed by atoms with Gasteiger partial charge in [-0.1, -0.05) is 6.07 Å². The van der Waals surface area contributed by atoms with Crippen molar-refractivity contribution in [2.24, 2.45) is 0 Å². The zero-order valence-corrected chi connectivity index (χ0v) is 18.5. The predicted molar refractivity (Wildman–Crippen MR) is 117 cm³/mol. The van der Waals surface area contributed by atoms with E-state index in [1.807, 2.05) is 32.1 Å². The number of halogens is 1. The normalized spacial score (nSPS) is 16.0. The van der Waals surface area contributed by atoms with Crippen LogP contribution in [0, 0.1) is 17.4 Å². The largest absolute Gasteiger partial charge is 0.385 e. The third-order valence-electron chi connectivity index (χ3n) is 4.43. The molecule has 2 heterocycles. The molecule has 142 valence electrons. The third-order valence-corrected chi connectivity index (χ3v) is 6.01. The lowest BCUT2D eigenvalue weighted by Crippen LogP contribution is -2.29. The summed E-state index contributed by atoms with van der Waals surface area (Å²) in [5, 5.41) is -0.214. The van der Waals surface area contributed by atoms with Crippen LogP contribution in [0.3, 0.4) is 0 Å². The van der Waals surface area contributed by atoms with Gasteiger partial charge in [-0.3, -0.25) is 14.5 Å². The van der Waals surface area contributed by atoms with E-state index in [1.54, 1.807) is 7.11 Å². The fourth-order valence-electron chi connectivity index (χ4n) is 3.15. The van der Waals surface area contributed by atoms with Crippen molar-refractivity contribution in [3.8, 4) is 5.69 Å². The van der Waals surface area contributed by atoms with Crippen LogP contribution in [0.1, 0.15) is 23.4 Å². The number of hydrogen-bond donors (Lipinski definition) is 0. The Bertz CT molecular complexity index is 920. The van der Waals surface area contributed by atoms with Crippen molar-refractivity contribution < 1.29 is 14.3 Å². The number of benzene rings is 1. The summed E-state index contributed by atoms with van der Waals surface area (Å²) < 4.78 is 8.33. The number of carbonyl (C=O) groups excluding carboxylic acids is 2. The molecule has 2 aromatic rings. The summed E-state index contributed by atoms with van der Waals surface area (Å²) in [6.45, 7) is 4.98. The maximum atomic E-state index is 12.6. The summed E-state index contributed by atoms with van der Waals surface area (Å²) >= 11 is 3.30. The quantitative estimate of drug-likeness (QED) is 0.329. The number of rotatable bonds is 6. The average Bonchev–Trinajstić information content (AvgIpc) is 3.05. The average molecular weight is 496 g/mol. The van der Waals surface area contributed by atoms with Gasteiger partial charge in [0, 0.05) is 40.9 Å². The number of carbonyl (C=O) groups is 2. The maximum Gasteiger partial charge on any atom is 0.293 e. The first-order valence-electron chi connectivity index (χ1n) is 8.61. The molecule has 0 radical (unpaired) electrons. The zero-order valence-electron chi connectivity index (χ0n) is 15.5. The first kappa shape index (κ1) is 20.2. The molecule has 1 saturated heterocycles. The van der Waals surface area contributed by atoms with E-state index >= 15 is 0 Å². The van der Waals surface area contributed by atoms with E-state index in [-0.39, 0.29) is 11.1 Å². The van der Waals surface area contributed by atoms with E-state index in [0.717, 1.165) is 38.0 Å². The Labute approximate surface area is 176 Å². The van der Waals surface area contributed by atoms with Gasteiger partial charge >= 0.3 is 0 Å². The minimum absolute atomic E-state index is 0.214. The summed E-state index contributed by atoms with van der Waals surface area (Å²) in [4.78, 5) is 26.5. The van der Waals surface area contributed by atoms with Crippen molar-refractivity contribution in [3.05, 3.63) is 55.8 Å². The molecule has 0 spiro atoms. The topological polar surface area (TPSA) is 51.5 Å². The fraction of sp³-hybridized carbons (Fsp3) is 0.300. The van der Waals surface area contributed by atoms with E-state index in [9.17, 15) is 9.59 Å². The van der Waals surface area contributed by atoms with Crippen molar-refractivity contribution in [2.45, 2.75) is 20.3 Å². The summed E-state index contributed by atoms with van der Waals surface area (Å²) in [7, 11) is 1.61. The lowest BCUT2D eigenvalue weighted by atomic mass is 10.2. The minimum Gasteiger partial charge on any atom is -0.385 e. The zero-order chi connectivity index (χ0) is 19.6. The second-order valence-electron chi connectivity index (χ2n) is 6.32. The lowest BCUT2D eigenvalue weighted by Gasteiger charge is -2.11. The SMILES string of the molecule is COCCCN1C(=O)S/C(=C/c2cc(C)n(-c3cccc(I)c3)c2C)C1=O. The number of aromatic nitrogens is 1. The van der Waals surface area contributed by atoms with Crippen LogP contribution in [-0.4, -0.2) is 40.9 Å². The molecule has 27 heavy (non-hydrogen) atoms. The smallest absolute Gasteiger partial charge is 0.293 e. The summed E-state index contributed by atoms with van der Waals surface area (Å²) in [6, 6.07) is 10.3. The molecule has 2 amide bonds. The molecular formula is C20H21IN2O3S. The number of nitrogens with zero attached hydrogens (tertiary/aromatic N) is 2. The highest BCUT2D eigenvalue weighted by molar-refractivity contribution is 14.1. The standard InChI is InChI=1S/C20H21IN2O3S/c1-13-10-15(14(2)23(13)17-7-4-6-16(21)12-17)11-18-19(24)22(20(25)27-18)8-5-9-26-3/h4,6-7,10-12H,5,8-9H2,1-3H3/b18-11+. The second-order valence-corrected chi connectivity index (χ2v) is 8.56. The van der Waals surface area contributed by atoms with Crippen LogP contribution in [0.25, 0.3) is 11.8 Å². The van der Waals surface area contributed by atoms with Gasteiger partial charge in [0.1, 0.15) is 0 Å². The van der Waals surface area contributed by atoms with Crippen LogP contribution < -0.4 is 0 Å². The summed E-state index contributed by atoms with van der Waals surface area (Å²) in [6.07, 6.45) is 2.47. The van der Waals surface area contributed by atoms with Gasteiger partial charge < -0.3 is 9.30 Å². The Morgan fingerprint density at radius 3 is 2.70 bits per heavy atom. The highest BCUT2D eigenvalue weighted by atomic mass is 127. The number of methoxy groups -OCH3 is 1. The Balaban J connectivity index is 1.89. The van der Waals surface area contributed by atoms with Gasteiger partial charge in [0.25, 0.3) is 11.1 Å². The molecular weight excluding hydrogens is 475 g/mol. The molecule has 0 bridgehead atoms. The number of amides is 2. The summed E-state index contributed by atoms with van der Waals surface area (Å²) in [5.74, 6) is -0.222. The van der Waals surface area contributed by atoms with Gasteiger partial charge in [0.15, 0.2) is 0 Å². The van der Waals surface area contributed by atoms with Crippen molar-refractivity contribution in [1.82, 2.24) is 9.47 Å². The lowest BCUT2D eigenvalue weighted by molar-refractivity contribution is -0.122. The molecule has 3 rings (SSSR count). The van der Waals surface area contributed by atoms with Gasteiger partial charge in [-0.15, -0.1) is 0 Å². The number of aryl methyl sites for hydroxylation is 1. The molecule has 1 aliphatic rings. The molecule has 1 aromatic heterocycles. The van der Waals surface area contributed by atoms with Crippen LogP contribution in [0.2, 0.25) is 0 Å². The van der Waals surface area contributed by atoms with Gasteiger partial charge in [-0.25, -0.2) is 0 Å². The van der Waals surface area contributed by atoms with E-state index in [4.69, 9.17) is 4.74 Å². The first-order chi connectivity index (χ1) is 12.9. The van der Waals surface area contributed by atoms with Crippen LogP contribution in [0.5, 0.6) is 0 Å². The number of imide groups is 1. The Kier molecular flexibility index (Phi) is 6.44. The van der Waals surface area contributed by atoms with Crippen LogP contribution >= 0.6 is 34.4 Å². The fourth-order valence-corrected chi connectivity index (χ4v) is 4.53. The molecule has 0 aliphatic carbocycles. The number of ether oxygens (including phenoxy) is 1. The Hall–Kier alpha value is -1.58. The van der Waals surface area contributed by atoms with Crippen molar-refractivity contribution in [2.75, 3.05) is 20.3 Å². The third kappa shape index (κ3) is 4.30. The van der Waals surface area contributed by atoms with Gasteiger partial charge in [0.2, 0.25) is 0 Å². The predicted octanol–water partition coefficient (Wildman–Crippen LogP) is 4.77. The van der Waals surface area contributed by atoms with E-state index < -0.39 is 0 Å². The molecule has 0 atom stereocenters. The highest BCUT2D eigenvalue weighted by Crippen LogP contribution is 2.33. The molecule has 1 fully saturated rings. The number of hydrogen-bond acceptors (Lipinski definition) is 4. The van der Waals surface area contributed by atoms with Crippen LogP contribution in [0.4, 0.5) is 4.79 Å². The van der Waals surface area contributed by atoms with E-state index in [0.29, 0.717) is 24.5 Å². The van der Waals surface area contributed by atoms with Gasteiger partial charge in [0.05, 0.1) is 4.91 Å². The van der Waals surface area contributed by atoms with Gasteiger partial charge in [-0.05, 0) is 90.5 Å². The molecule has 0 unspecified atom stereocenters. The second kappa shape index (κ2) is 8.62. The number of thioether (sulfide) groups is 1. The van der Waals surface area contributed by atoms with E-state index in [1.165, 1.54) is 4.90 Å². The van der Waals surface area contributed by atoms with E-state index in [2.05, 4.69) is 45.4 Å². The van der Waals surface area contributed by atoms with Crippen molar-refractivity contribution in [3.63, 3.8) is 0 Å². The Morgan fingerprint density at radius 1 is 1.22 bits per heavy atom. The van der Waals surface area contributed by atoms with Gasteiger partial charge in [-0.2, -0.15) is 0 Å².